The Morgan fingerprint density at radius 2 is 1.14 bits per heavy atom. The molecule has 2 fully saturated rings. The van der Waals surface area contributed by atoms with Gasteiger partial charge in [-0.05, 0) is 84.8 Å². The van der Waals surface area contributed by atoms with Crippen LogP contribution >= 0.6 is 0 Å². The molecule has 13 heteroatoms. The van der Waals surface area contributed by atoms with Crippen LogP contribution in [0.25, 0.3) is 21.5 Å². The fraction of sp³-hybridized carbons (Fsp3) is 0.377. The number of rotatable bonds is 17. The number of anilines is 1. The van der Waals surface area contributed by atoms with Gasteiger partial charge in [-0.3, -0.25) is 19.2 Å². The van der Waals surface area contributed by atoms with Gasteiger partial charge in [-0.15, -0.1) is 10.1 Å². The molecule has 2 saturated heterocycles. The number of fused-ring (bicyclic) bond motifs is 6. The smallest absolute Gasteiger partial charge is 0.333 e. The lowest BCUT2D eigenvalue weighted by molar-refractivity contribution is -0.438. The predicted octanol–water partition coefficient (Wildman–Crippen LogP) is 6.50. The van der Waals surface area contributed by atoms with Gasteiger partial charge in [-0.2, -0.15) is 4.58 Å². The molecule has 4 aromatic rings. The Morgan fingerprint density at radius 1 is 0.606 bits per heavy atom. The first-order chi connectivity index (χ1) is 31.3. The van der Waals surface area contributed by atoms with Crippen LogP contribution in [0, 0.1) is 0 Å². The van der Waals surface area contributed by atoms with Crippen molar-refractivity contribution >= 4 is 74.2 Å². The zero-order valence-electron chi connectivity index (χ0n) is 38.1. The predicted molar refractivity (Wildman–Crippen MR) is 249 cm³/mol. The number of hydroxylamine groups is 4. The van der Waals surface area contributed by atoms with E-state index in [1.54, 1.807) is 0 Å². The van der Waals surface area contributed by atoms with Crippen LogP contribution in [0.4, 0.5) is 11.4 Å². The molecular weight excluding hydrogens is 856 g/mol. The molecule has 0 saturated carbocycles. The Morgan fingerprint density at radius 3 is 1.73 bits per heavy atom. The van der Waals surface area contributed by atoms with E-state index in [4.69, 9.17) is 9.68 Å². The number of amides is 4. The minimum atomic E-state index is -0.571. The molecule has 0 aromatic heterocycles. The van der Waals surface area contributed by atoms with E-state index in [1.807, 2.05) is 0 Å². The van der Waals surface area contributed by atoms with Crippen LogP contribution < -0.4 is 17.3 Å². The number of imide groups is 2. The zero-order chi connectivity index (χ0) is 45.9. The quantitative estimate of drug-likeness (QED) is 0.0504. The van der Waals surface area contributed by atoms with Gasteiger partial charge in [-0.25, -0.2) is 9.59 Å². The summed E-state index contributed by atoms with van der Waals surface area (Å²) in [7, 11) is 0. The summed E-state index contributed by atoms with van der Waals surface area (Å²) in [6, 6.07) is 25.8. The average molecular weight is 914 g/mol. The van der Waals surface area contributed by atoms with Crippen molar-refractivity contribution in [2.75, 3.05) is 18.0 Å². The zero-order valence-corrected chi connectivity index (χ0v) is 38.9. The largest absolute Gasteiger partial charge is 1.00 e. The summed E-state index contributed by atoms with van der Waals surface area (Å²) in [6.07, 6.45) is 15.6. The van der Waals surface area contributed by atoms with E-state index in [1.165, 1.54) is 55.5 Å². The second-order valence-corrected chi connectivity index (χ2v) is 18.3. The van der Waals surface area contributed by atoms with E-state index in [9.17, 15) is 28.8 Å². The number of carbonyl (C=O) groups excluding carboxylic acids is 6. The maximum Gasteiger partial charge on any atom is 0.333 e. The summed E-state index contributed by atoms with van der Waals surface area (Å²) in [5.41, 5.74) is 6.67. The third kappa shape index (κ3) is 9.47. The SMILES string of the molecule is CC1(C)C(=CC=CC=CC2=[N+](CCCCCC(=O)ON3C(=O)CCC3=O)c3ccc4ccccc4c3C2(C)C)N(CCCCCC(=O)ON2C(=O)CCC2=O)c2ccc3ccccc3c21.[Cl-]. The monoisotopic (exact) mass is 912 g/mol. The molecule has 0 bridgehead atoms. The lowest BCUT2D eigenvalue weighted by atomic mass is 9.79. The molecule has 0 unspecified atom stereocenters. The van der Waals surface area contributed by atoms with Gasteiger partial charge in [0.2, 0.25) is 5.69 Å². The van der Waals surface area contributed by atoms with Crippen LogP contribution in [0.3, 0.4) is 0 Å². The van der Waals surface area contributed by atoms with Crippen LogP contribution in [-0.4, -0.2) is 69.1 Å². The summed E-state index contributed by atoms with van der Waals surface area (Å²) >= 11 is 0. The van der Waals surface area contributed by atoms with E-state index < -0.39 is 35.6 Å². The van der Waals surface area contributed by atoms with Gasteiger partial charge in [0, 0.05) is 86.0 Å². The molecule has 0 radical (unpaired) electrons. The molecule has 66 heavy (non-hydrogen) atoms. The fourth-order valence-corrected chi connectivity index (χ4v) is 9.95. The van der Waals surface area contributed by atoms with Gasteiger partial charge in [0.1, 0.15) is 6.54 Å². The van der Waals surface area contributed by atoms with E-state index in [0.29, 0.717) is 23.0 Å². The first-order valence-corrected chi connectivity index (χ1v) is 22.9. The number of halogens is 1. The summed E-state index contributed by atoms with van der Waals surface area (Å²) < 4.78 is 2.40. The minimum Gasteiger partial charge on any atom is -1.00 e. The van der Waals surface area contributed by atoms with Crippen LogP contribution in [0.1, 0.15) is 116 Å². The van der Waals surface area contributed by atoms with E-state index in [-0.39, 0.29) is 61.8 Å². The standard InChI is InChI=1S/C53H57N4O8.ClH/c1-52(2)42(54(40-28-26-36-18-12-14-20-38(36)50(40)52)34-16-6-10-24-48(62)64-56-44(58)30-31-45(56)59)22-8-5-9-23-43-53(3,4)51-39-21-15-13-19-37(39)27-29-41(51)55(43)35-17-7-11-25-49(63)65-57-46(60)32-33-47(57)61;/h5,8-9,12-15,18-23,26-29H,6-7,10-11,16-17,24-25,30-35H2,1-4H3;1H/q+1;/p-1. The normalized spacial score (nSPS) is 18.2. The Hall–Kier alpha value is -6.40. The van der Waals surface area contributed by atoms with Crippen LogP contribution in [-0.2, 0) is 49.3 Å². The highest BCUT2D eigenvalue weighted by Crippen LogP contribution is 2.51. The number of allylic oxidation sites excluding steroid dienone is 6. The van der Waals surface area contributed by atoms with Crippen LogP contribution in [0.15, 0.2) is 109 Å². The Bertz CT molecular complexity index is 2700. The third-order valence-corrected chi connectivity index (χ3v) is 13.2. The summed E-state index contributed by atoms with van der Waals surface area (Å²) in [5, 5.41) is 6.06. The molecule has 0 spiro atoms. The molecule has 4 aliphatic rings. The van der Waals surface area contributed by atoms with Crippen molar-refractivity contribution in [2.45, 2.75) is 116 Å². The number of unbranched alkanes of at least 4 members (excludes halogenated alkanes) is 4. The maximum absolute atomic E-state index is 12.5. The summed E-state index contributed by atoms with van der Waals surface area (Å²) in [5.74, 6) is -3.03. The first kappa shape index (κ1) is 47.6. The number of nitrogens with zero attached hydrogens (tertiary/aromatic N) is 4. The average Bonchev–Trinajstić information content (AvgIpc) is 3.92. The van der Waals surface area contributed by atoms with Gasteiger partial charge in [-0.1, -0.05) is 93.1 Å². The lowest BCUT2D eigenvalue weighted by Gasteiger charge is -2.27. The Kier molecular flexibility index (Phi) is 14.4. The number of carbonyl (C=O) groups is 6. The highest BCUT2D eigenvalue weighted by atomic mass is 35.5. The van der Waals surface area contributed by atoms with Crippen molar-refractivity contribution in [3.05, 3.63) is 120 Å². The van der Waals surface area contributed by atoms with Crippen molar-refractivity contribution in [1.82, 2.24) is 10.1 Å². The summed E-state index contributed by atoms with van der Waals surface area (Å²) in [6.45, 7) is 10.6. The van der Waals surface area contributed by atoms with E-state index >= 15 is 0 Å². The van der Waals surface area contributed by atoms with Crippen molar-refractivity contribution in [3.8, 4) is 0 Å². The van der Waals surface area contributed by atoms with Crippen LogP contribution in [0.5, 0.6) is 0 Å². The fourth-order valence-electron chi connectivity index (χ4n) is 9.95. The third-order valence-electron chi connectivity index (χ3n) is 13.2. The van der Waals surface area contributed by atoms with Gasteiger partial charge in [0.25, 0.3) is 23.6 Å². The molecule has 344 valence electrons. The second kappa shape index (κ2) is 20.0. The maximum atomic E-state index is 12.5. The van der Waals surface area contributed by atoms with Gasteiger partial charge in [0.05, 0.1) is 5.41 Å². The second-order valence-electron chi connectivity index (χ2n) is 18.3. The van der Waals surface area contributed by atoms with Crippen LogP contribution in [0.2, 0.25) is 0 Å². The molecule has 0 aliphatic carbocycles. The van der Waals surface area contributed by atoms with E-state index in [0.717, 1.165) is 38.8 Å². The molecule has 4 heterocycles. The molecule has 0 N–H and O–H groups in total. The number of hydrogen-bond acceptors (Lipinski definition) is 9. The highest BCUT2D eigenvalue weighted by molar-refractivity contribution is 6.08. The van der Waals surface area contributed by atoms with Gasteiger partial charge < -0.3 is 27.0 Å². The highest BCUT2D eigenvalue weighted by Gasteiger charge is 2.45. The lowest BCUT2D eigenvalue weighted by Crippen LogP contribution is -3.00. The minimum absolute atomic E-state index is 0. The van der Waals surface area contributed by atoms with Crippen molar-refractivity contribution in [3.63, 3.8) is 0 Å². The number of benzene rings is 4. The topological polar surface area (TPSA) is 134 Å². The molecule has 0 atom stereocenters. The molecule has 4 aromatic carbocycles. The molecule has 8 rings (SSSR count). The van der Waals surface area contributed by atoms with Gasteiger partial charge >= 0.3 is 11.9 Å². The van der Waals surface area contributed by atoms with E-state index in [2.05, 4.69) is 140 Å². The summed E-state index contributed by atoms with van der Waals surface area (Å²) in [4.78, 5) is 85.1. The first-order valence-electron chi connectivity index (χ1n) is 22.9. The number of hydrogen-bond donors (Lipinski definition) is 0. The molecule has 4 amide bonds. The van der Waals surface area contributed by atoms with Gasteiger partial charge in [0.15, 0.2) is 5.71 Å². The van der Waals surface area contributed by atoms with Crippen molar-refractivity contribution in [1.29, 1.82) is 0 Å². The Labute approximate surface area is 391 Å². The molecular formula is C53H57ClN4O8. The molecule has 4 aliphatic heterocycles. The molecule has 12 nitrogen and oxygen atoms in total. The Balaban J connectivity index is 0.00000648. The van der Waals surface area contributed by atoms with Crippen molar-refractivity contribution in [2.24, 2.45) is 0 Å². The van der Waals surface area contributed by atoms with Crippen molar-refractivity contribution < 1.29 is 55.4 Å².